The standard InChI is InChI=1S/C25H41N5O2.HI/c1-3-26-24(31)19-32-23-12-8-9-20(17-23)18-28-25(27-4-2)29-21-13-15-30(16-14-21)22-10-6-5-7-11-22;/h8-9,12,17,21-22H,3-7,10-11,13-16,18-19H2,1-2H3,(H,26,31)(H2,27,28,29);1H. The number of guanidine groups is 1. The van der Waals surface area contributed by atoms with E-state index in [4.69, 9.17) is 9.73 Å². The van der Waals surface area contributed by atoms with Gasteiger partial charge in [-0.3, -0.25) is 4.79 Å². The van der Waals surface area contributed by atoms with E-state index in [-0.39, 0.29) is 36.5 Å². The molecule has 3 N–H and O–H groups in total. The van der Waals surface area contributed by atoms with Gasteiger partial charge in [-0.1, -0.05) is 31.4 Å². The molecule has 0 bridgehead atoms. The number of halogens is 1. The number of nitrogens with zero attached hydrogens (tertiary/aromatic N) is 2. The summed E-state index contributed by atoms with van der Waals surface area (Å²) >= 11 is 0. The molecule has 33 heavy (non-hydrogen) atoms. The molecule has 0 radical (unpaired) electrons. The lowest BCUT2D eigenvalue weighted by atomic mass is 9.92. The topological polar surface area (TPSA) is 78.0 Å². The van der Waals surface area contributed by atoms with Crippen molar-refractivity contribution < 1.29 is 9.53 Å². The highest BCUT2D eigenvalue weighted by molar-refractivity contribution is 14.0. The van der Waals surface area contributed by atoms with Crippen molar-refractivity contribution in [3.05, 3.63) is 29.8 Å². The molecule has 2 aliphatic rings. The zero-order valence-electron chi connectivity index (χ0n) is 20.3. The highest BCUT2D eigenvalue weighted by Gasteiger charge is 2.26. The van der Waals surface area contributed by atoms with E-state index >= 15 is 0 Å². The fourth-order valence-electron chi connectivity index (χ4n) is 4.67. The normalized spacial score (nSPS) is 18.3. The molecular weight excluding hydrogens is 529 g/mol. The number of likely N-dealkylation sites (N-methyl/N-ethyl adjacent to an activating group) is 1. The van der Waals surface area contributed by atoms with Gasteiger partial charge < -0.3 is 25.6 Å². The van der Waals surface area contributed by atoms with E-state index in [1.165, 1.54) is 58.0 Å². The Balaban J connectivity index is 0.00000385. The van der Waals surface area contributed by atoms with Gasteiger partial charge in [-0.05, 0) is 57.2 Å². The number of benzene rings is 1. The Kier molecular flexibility index (Phi) is 12.9. The molecule has 0 unspecified atom stereocenters. The summed E-state index contributed by atoms with van der Waals surface area (Å²) in [6.07, 6.45) is 9.33. The lowest BCUT2D eigenvalue weighted by Gasteiger charge is -2.39. The van der Waals surface area contributed by atoms with Crippen LogP contribution in [0.5, 0.6) is 5.75 Å². The van der Waals surface area contributed by atoms with Gasteiger partial charge >= 0.3 is 0 Å². The predicted octanol–water partition coefficient (Wildman–Crippen LogP) is 3.67. The van der Waals surface area contributed by atoms with Gasteiger partial charge in [0.05, 0.1) is 6.54 Å². The van der Waals surface area contributed by atoms with Crippen molar-refractivity contribution in [2.75, 3.05) is 32.8 Å². The number of carbonyl (C=O) groups is 1. The van der Waals surface area contributed by atoms with Crippen LogP contribution in [0.3, 0.4) is 0 Å². The number of hydrogen-bond donors (Lipinski definition) is 3. The second-order valence-electron chi connectivity index (χ2n) is 8.83. The second-order valence-corrected chi connectivity index (χ2v) is 8.83. The fourth-order valence-corrected chi connectivity index (χ4v) is 4.67. The van der Waals surface area contributed by atoms with Gasteiger partial charge in [0.25, 0.3) is 5.91 Å². The van der Waals surface area contributed by atoms with Gasteiger partial charge in [0, 0.05) is 38.3 Å². The summed E-state index contributed by atoms with van der Waals surface area (Å²) < 4.78 is 5.60. The molecule has 0 spiro atoms. The molecule has 8 heteroatoms. The molecule has 1 amide bonds. The number of rotatable bonds is 9. The van der Waals surface area contributed by atoms with Gasteiger partial charge in [-0.2, -0.15) is 0 Å². The molecule has 7 nitrogen and oxygen atoms in total. The van der Waals surface area contributed by atoms with Gasteiger partial charge in [0.15, 0.2) is 12.6 Å². The van der Waals surface area contributed by atoms with E-state index in [1.54, 1.807) is 0 Å². The monoisotopic (exact) mass is 571 g/mol. The summed E-state index contributed by atoms with van der Waals surface area (Å²) in [5.41, 5.74) is 1.06. The number of ether oxygens (including phenoxy) is 1. The number of aliphatic imine (C=N–C) groups is 1. The van der Waals surface area contributed by atoms with Crippen molar-refractivity contribution in [3.63, 3.8) is 0 Å². The Morgan fingerprint density at radius 3 is 2.48 bits per heavy atom. The average Bonchev–Trinajstić information content (AvgIpc) is 2.83. The Hall–Kier alpha value is -1.55. The molecule has 1 aliphatic carbocycles. The first-order valence-electron chi connectivity index (χ1n) is 12.4. The second kappa shape index (κ2) is 15.4. The molecule has 1 saturated heterocycles. The quantitative estimate of drug-likeness (QED) is 0.240. The third-order valence-electron chi connectivity index (χ3n) is 6.37. The van der Waals surface area contributed by atoms with E-state index in [9.17, 15) is 4.79 Å². The van der Waals surface area contributed by atoms with E-state index < -0.39 is 0 Å². The van der Waals surface area contributed by atoms with Crippen LogP contribution in [-0.4, -0.2) is 61.6 Å². The van der Waals surface area contributed by atoms with Crippen molar-refractivity contribution in [3.8, 4) is 5.75 Å². The molecule has 0 aromatic heterocycles. The minimum absolute atomic E-state index is 0. The van der Waals surface area contributed by atoms with Crippen LogP contribution in [0.2, 0.25) is 0 Å². The first-order valence-corrected chi connectivity index (χ1v) is 12.4. The largest absolute Gasteiger partial charge is 0.484 e. The lowest BCUT2D eigenvalue weighted by Crippen LogP contribution is -2.50. The van der Waals surface area contributed by atoms with Gasteiger partial charge in [-0.15, -0.1) is 24.0 Å². The van der Waals surface area contributed by atoms with E-state index in [1.807, 2.05) is 31.2 Å². The summed E-state index contributed by atoms with van der Waals surface area (Å²) in [5.74, 6) is 1.46. The van der Waals surface area contributed by atoms with Crippen molar-refractivity contribution in [1.82, 2.24) is 20.9 Å². The van der Waals surface area contributed by atoms with E-state index in [2.05, 4.69) is 27.8 Å². The van der Waals surface area contributed by atoms with Crippen LogP contribution >= 0.6 is 24.0 Å². The summed E-state index contributed by atoms with van der Waals surface area (Å²) in [4.78, 5) is 19.1. The zero-order chi connectivity index (χ0) is 22.6. The number of hydrogen-bond acceptors (Lipinski definition) is 4. The molecule has 186 valence electrons. The molecule has 1 heterocycles. The number of amides is 1. The minimum atomic E-state index is -0.107. The number of likely N-dealkylation sites (tertiary alicyclic amines) is 1. The Morgan fingerprint density at radius 2 is 1.79 bits per heavy atom. The van der Waals surface area contributed by atoms with Crippen LogP contribution in [0.25, 0.3) is 0 Å². The van der Waals surface area contributed by atoms with Gasteiger partial charge in [0.2, 0.25) is 0 Å². The number of carbonyl (C=O) groups excluding carboxylic acids is 1. The summed E-state index contributed by atoms with van der Waals surface area (Å²) in [7, 11) is 0. The summed E-state index contributed by atoms with van der Waals surface area (Å²) in [6, 6.07) is 9.09. The van der Waals surface area contributed by atoms with Crippen LogP contribution in [0.1, 0.15) is 64.4 Å². The van der Waals surface area contributed by atoms with Crippen LogP contribution in [0, 0.1) is 0 Å². The van der Waals surface area contributed by atoms with Crippen LogP contribution in [0.15, 0.2) is 29.3 Å². The van der Waals surface area contributed by atoms with Gasteiger partial charge in [0.1, 0.15) is 5.75 Å². The third-order valence-corrected chi connectivity index (χ3v) is 6.37. The smallest absolute Gasteiger partial charge is 0.257 e. The maximum atomic E-state index is 11.6. The highest BCUT2D eigenvalue weighted by atomic mass is 127. The number of nitrogens with one attached hydrogen (secondary N) is 3. The van der Waals surface area contributed by atoms with Gasteiger partial charge in [-0.25, -0.2) is 4.99 Å². The third kappa shape index (κ3) is 9.68. The highest BCUT2D eigenvalue weighted by Crippen LogP contribution is 2.25. The van der Waals surface area contributed by atoms with Crippen molar-refractivity contribution in [1.29, 1.82) is 0 Å². The average molecular weight is 572 g/mol. The number of piperidine rings is 1. The Labute approximate surface area is 216 Å². The van der Waals surface area contributed by atoms with Crippen LogP contribution in [-0.2, 0) is 11.3 Å². The molecule has 1 saturated carbocycles. The Morgan fingerprint density at radius 1 is 1.06 bits per heavy atom. The summed E-state index contributed by atoms with van der Waals surface area (Å²) in [6.45, 7) is 8.41. The minimum Gasteiger partial charge on any atom is -0.484 e. The van der Waals surface area contributed by atoms with Crippen molar-refractivity contribution in [2.45, 2.75) is 77.4 Å². The fraction of sp³-hybridized carbons (Fsp3) is 0.680. The molecule has 3 rings (SSSR count). The van der Waals surface area contributed by atoms with E-state index in [0.29, 0.717) is 24.9 Å². The van der Waals surface area contributed by atoms with Crippen LogP contribution in [0.4, 0.5) is 0 Å². The summed E-state index contributed by atoms with van der Waals surface area (Å²) in [5, 5.41) is 9.77. The SMILES string of the molecule is CCNC(=O)COc1cccc(CN=C(NCC)NC2CCN(C3CCCCC3)CC2)c1.I. The maximum Gasteiger partial charge on any atom is 0.257 e. The molecule has 0 atom stereocenters. The first kappa shape index (κ1) is 27.7. The van der Waals surface area contributed by atoms with Crippen molar-refractivity contribution in [2.24, 2.45) is 4.99 Å². The molecule has 1 aliphatic heterocycles. The lowest BCUT2D eigenvalue weighted by molar-refractivity contribution is -0.122. The molecule has 2 fully saturated rings. The molecule has 1 aromatic carbocycles. The Bertz CT molecular complexity index is 731. The molecule has 1 aromatic rings. The first-order chi connectivity index (χ1) is 15.7. The van der Waals surface area contributed by atoms with Crippen LogP contribution < -0.4 is 20.7 Å². The zero-order valence-corrected chi connectivity index (χ0v) is 22.6. The molecular formula is C25H42IN5O2. The van der Waals surface area contributed by atoms with E-state index in [0.717, 1.165) is 24.1 Å². The predicted molar refractivity (Wildman–Crippen MR) is 145 cm³/mol. The maximum absolute atomic E-state index is 11.6. The van der Waals surface area contributed by atoms with Crippen molar-refractivity contribution >= 4 is 35.8 Å².